The third-order valence-corrected chi connectivity index (χ3v) is 12.4. The van der Waals surface area contributed by atoms with Crippen molar-refractivity contribution in [1.82, 2.24) is 4.90 Å². The SMILES string of the molecule is CC(=O)O[C@H]1CC[C@@]2(C)C(=CC[C@H]3[C@@H]4C[C@@H]5O[C@]6(CC[C@H](C)CN6C(C)=O)[C@H](C)[C@@H]5[C@@]4(C)CC[C@@H]32)C1. The summed E-state index contributed by atoms with van der Waals surface area (Å²) in [6, 6.07) is 0. The Morgan fingerprint density at radius 2 is 1.83 bits per heavy atom. The van der Waals surface area contributed by atoms with E-state index in [0.717, 1.165) is 56.9 Å². The molecule has 5 heteroatoms. The molecular formula is C31H47NO4. The van der Waals surface area contributed by atoms with Crippen LogP contribution in [0.2, 0.25) is 0 Å². The molecule has 3 saturated carbocycles. The van der Waals surface area contributed by atoms with Gasteiger partial charge in [-0.1, -0.05) is 39.3 Å². The number of carbonyl (C=O) groups excluding carboxylic acids is 2. The number of ether oxygens (including phenoxy) is 2. The largest absolute Gasteiger partial charge is 0.462 e. The second-order valence-corrected chi connectivity index (χ2v) is 14.1. The summed E-state index contributed by atoms with van der Waals surface area (Å²) in [5.41, 5.74) is 1.70. The average molecular weight is 498 g/mol. The van der Waals surface area contributed by atoms with Crippen molar-refractivity contribution in [2.75, 3.05) is 6.54 Å². The summed E-state index contributed by atoms with van der Waals surface area (Å²) >= 11 is 0. The second kappa shape index (κ2) is 8.32. The van der Waals surface area contributed by atoms with Crippen LogP contribution in [0, 0.1) is 46.3 Å². The van der Waals surface area contributed by atoms with Crippen molar-refractivity contribution in [1.29, 1.82) is 0 Å². The minimum Gasteiger partial charge on any atom is -0.462 e. The van der Waals surface area contributed by atoms with Crippen molar-refractivity contribution >= 4 is 11.9 Å². The minimum absolute atomic E-state index is 0.0611. The predicted octanol–water partition coefficient (Wildman–Crippen LogP) is 6.12. The Morgan fingerprint density at radius 1 is 1.06 bits per heavy atom. The number of nitrogens with zero attached hydrogens (tertiary/aromatic N) is 1. The van der Waals surface area contributed by atoms with E-state index < -0.39 is 0 Å². The Bertz CT molecular complexity index is 976. The molecule has 6 rings (SSSR count). The molecule has 0 aromatic heterocycles. The summed E-state index contributed by atoms with van der Waals surface area (Å²) in [4.78, 5) is 26.5. The first-order valence-corrected chi connectivity index (χ1v) is 14.8. The van der Waals surface area contributed by atoms with Crippen LogP contribution in [0.3, 0.4) is 0 Å². The molecule has 36 heavy (non-hydrogen) atoms. The summed E-state index contributed by atoms with van der Waals surface area (Å²) in [7, 11) is 0. The Labute approximate surface area is 217 Å². The van der Waals surface area contributed by atoms with Crippen LogP contribution >= 0.6 is 0 Å². The van der Waals surface area contributed by atoms with Crippen LogP contribution in [0.25, 0.3) is 0 Å². The highest BCUT2D eigenvalue weighted by atomic mass is 16.5. The van der Waals surface area contributed by atoms with Crippen LogP contribution in [-0.2, 0) is 19.1 Å². The lowest BCUT2D eigenvalue weighted by atomic mass is 9.46. The van der Waals surface area contributed by atoms with Crippen LogP contribution in [0.1, 0.15) is 99.3 Å². The highest BCUT2D eigenvalue weighted by molar-refractivity contribution is 5.74. The van der Waals surface area contributed by atoms with Crippen LogP contribution in [0.5, 0.6) is 0 Å². The Morgan fingerprint density at radius 3 is 2.56 bits per heavy atom. The van der Waals surface area contributed by atoms with E-state index in [9.17, 15) is 9.59 Å². The smallest absolute Gasteiger partial charge is 0.302 e. The predicted molar refractivity (Wildman–Crippen MR) is 139 cm³/mol. The number of piperidine rings is 1. The van der Waals surface area contributed by atoms with Crippen molar-refractivity contribution in [3.8, 4) is 0 Å². The van der Waals surface area contributed by atoms with Crippen LogP contribution < -0.4 is 0 Å². The zero-order chi connectivity index (χ0) is 25.6. The molecule has 1 amide bonds. The van der Waals surface area contributed by atoms with E-state index in [1.165, 1.54) is 26.2 Å². The number of hydrogen-bond donors (Lipinski definition) is 0. The molecule has 5 fully saturated rings. The van der Waals surface area contributed by atoms with E-state index in [1.54, 1.807) is 12.5 Å². The van der Waals surface area contributed by atoms with Crippen molar-refractivity contribution < 1.29 is 19.1 Å². The molecule has 2 heterocycles. The Balaban J connectivity index is 1.26. The molecule has 0 unspecified atom stereocenters. The average Bonchev–Trinajstić information content (AvgIpc) is 3.26. The zero-order valence-corrected chi connectivity index (χ0v) is 23.3. The molecule has 6 aliphatic rings. The van der Waals surface area contributed by atoms with Gasteiger partial charge >= 0.3 is 5.97 Å². The van der Waals surface area contributed by atoms with Crippen LogP contribution in [0.4, 0.5) is 0 Å². The summed E-state index contributed by atoms with van der Waals surface area (Å²) in [6.07, 6.45) is 13.0. The third-order valence-electron chi connectivity index (χ3n) is 12.4. The molecule has 5 nitrogen and oxygen atoms in total. The first kappa shape index (κ1) is 24.9. The first-order valence-electron chi connectivity index (χ1n) is 14.8. The maximum Gasteiger partial charge on any atom is 0.302 e. The van der Waals surface area contributed by atoms with E-state index in [0.29, 0.717) is 23.7 Å². The third kappa shape index (κ3) is 3.36. The molecule has 11 atom stereocenters. The van der Waals surface area contributed by atoms with Crippen molar-refractivity contribution in [2.45, 2.75) is 117 Å². The normalized spacial score (nSPS) is 51.6. The summed E-state index contributed by atoms with van der Waals surface area (Å²) in [5, 5.41) is 0. The Kier molecular flexibility index (Phi) is 5.76. The molecule has 4 aliphatic carbocycles. The van der Waals surface area contributed by atoms with E-state index in [2.05, 4.69) is 38.7 Å². The summed E-state index contributed by atoms with van der Waals surface area (Å²) < 4.78 is 12.7. The maximum atomic E-state index is 12.8. The van der Waals surface area contributed by atoms with E-state index in [1.807, 2.05) is 0 Å². The first-order chi connectivity index (χ1) is 17.0. The van der Waals surface area contributed by atoms with Gasteiger partial charge in [-0.15, -0.1) is 0 Å². The molecule has 0 bridgehead atoms. The van der Waals surface area contributed by atoms with Gasteiger partial charge in [0.15, 0.2) is 0 Å². The van der Waals surface area contributed by atoms with Gasteiger partial charge in [0.2, 0.25) is 5.91 Å². The molecule has 2 aliphatic heterocycles. The van der Waals surface area contributed by atoms with Crippen molar-refractivity contribution in [2.24, 2.45) is 46.3 Å². The fourth-order valence-corrected chi connectivity index (χ4v) is 10.8. The lowest BCUT2D eigenvalue weighted by Crippen LogP contribution is -2.60. The summed E-state index contributed by atoms with van der Waals surface area (Å²) in [5.74, 6) is 3.64. The van der Waals surface area contributed by atoms with E-state index in [-0.39, 0.29) is 40.6 Å². The standard InChI is InChI=1S/C31H47NO4/c1-18-9-14-31(32(17-18)20(3)33)19(2)28-27(36-31)16-26-24-8-7-22-15-23(35-21(4)34)10-12-29(22,5)25(24)11-13-30(26,28)6/h7,18-19,23-28H,8-17H2,1-6H3/t18-,19+,23-,24+,25-,26-,27-,28-,29-,30-,31+/m0/s1. The molecule has 0 N–H and O–H groups in total. The van der Waals surface area contributed by atoms with Crippen LogP contribution in [0.15, 0.2) is 11.6 Å². The molecule has 0 aromatic carbocycles. The van der Waals surface area contributed by atoms with Crippen LogP contribution in [-0.4, -0.2) is 41.3 Å². The second-order valence-electron chi connectivity index (χ2n) is 14.1. The lowest BCUT2D eigenvalue weighted by Gasteiger charge is -2.59. The van der Waals surface area contributed by atoms with Gasteiger partial charge in [-0.05, 0) is 91.8 Å². The van der Waals surface area contributed by atoms with Gasteiger partial charge in [0, 0.05) is 32.7 Å². The van der Waals surface area contributed by atoms with Gasteiger partial charge in [-0.2, -0.15) is 0 Å². The molecule has 0 radical (unpaired) electrons. The zero-order valence-electron chi connectivity index (χ0n) is 23.3. The quantitative estimate of drug-likeness (QED) is 0.324. The highest BCUT2D eigenvalue weighted by Gasteiger charge is 2.69. The number of carbonyl (C=O) groups is 2. The molecule has 1 spiro atoms. The fraction of sp³-hybridized carbons (Fsp3) is 0.871. The van der Waals surface area contributed by atoms with Gasteiger partial charge in [0.05, 0.1) is 6.10 Å². The number of amides is 1. The number of fused-ring (bicyclic) bond motifs is 7. The van der Waals surface area contributed by atoms with Gasteiger partial charge in [0.1, 0.15) is 11.8 Å². The fourth-order valence-electron chi connectivity index (χ4n) is 10.8. The Hall–Kier alpha value is -1.36. The van der Waals surface area contributed by atoms with E-state index in [4.69, 9.17) is 9.47 Å². The summed E-state index contributed by atoms with van der Waals surface area (Å²) in [6.45, 7) is 13.9. The highest BCUT2D eigenvalue weighted by Crippen LogP contribution is 2.70. The molecule has 200 valence electrons. The monoisotopic (exact) mass is 497 g/mol. The van der Waals surface area contributed by atoms with Crippen molar-refractivity contribution in [3.05, 3.63) is 11.6 Å². The molecule has 0 aromatic rings. The lowest BCUT2D eigenvalue weighted by molar-refractivity contribution is -0.200. The number of hydrogen-bond acceptors (Lipinski definition) is 4. The maximum absolute atomic E-state index is 12.8. The number of esters is 1. The molecular weight excluding hydrogens is 450 g/mol. The van der Waals surface area contributed by atoms with Gasteiger partial charge in [0.25, 0.3) is 0 Å². The number of rotatable bonds is 1. The van der Waals surface area contributed by atoms with E-state index >= 15 is 0 Å². The number of likely N-dealkylation sites (tertiary alicyclic amines) is 1. The van der Waals surface area contributed by atoms with Gasteiger partial charge in [-0.25, -0.2) is 0 Å². The minimum atomic E-state index is -0.390. The number of allylic oxidation sites excluding steroid dienone is 1. The molecule has 2 saturated heterocycles. The van der Waals surface area contributed by atoms with Gasteiger partial charge in [-0.3, -0.25) is 9.59 Å². The van der Waals surface area contributed by atoms with Crippen molar-refractivity contribution in [3.63, 3.8) is 0 Å². The topological polar surface area (TPSA) is 55.8 Å². The van der Waals surface area contributed by atoms with Gasteiger partial charge < -0.3 is 14.4 Å².